The largest absolute Gasteiger partial charge is 0.344 e. The molecule has 2 aliphatic rings. The van der Waals surface area contributed by atoms with Crippen LogP contribution in [-0.2, 0) is 10.3 Å². The molecule has 1 heterocycles. The number of aromatic amines is 1. The summed E-state index contributed by atoms with van der Waals surface area (Å²) in [6, 6.07) is 7.63. The van der Waals surface area contributed by atoms with Gasteiger partial charge in [0, 0.05) is 18.4 Å². The average Bonchev–Trinajstić information content (AvgIpc) is 2.99. The van der Waals surface area contributed by atoms with Gasteiger partial charge in [-0.05, 0) is 29.7 Å². The summed E-state index contributed by atoms with van der Waals surface area (Å²) in [6.45, 7) is 0. The van der Waals surface area contributed by atoms with Gasteiger partial charge in [-0.1, -0.05) is 30.4 Å². The van der Waals surface area contributed by atoms with Gasteiger partial charge in [-0.25, -0.2) is 4.39 Å². The van der Waals surface area contributed by atoms with E-state index in [1.165, 1.54) is 0 Å². The van der Waals surface area contributed by atoms with Gasteiger partial charge in [0.05, 0.1) is 5.54 Å². The van der Waals surface area contributed by atoms with Gasteiger partial charge >= 0.3 is 0 Å². The minimum absolute atomic E-state index is 0.151. The van der Waals surface area contributed by atoms with Crippen molar-refractivity contribution in [3.05, 3.63) is 42.0 Å². The number of alkyl halides is 1. The SMILES string of the molecule is O=C(NC1(c2cccc(-c3nn[nH]n3)c2)CC1)C1(F)CC=CC1. The minimum Gasteiger partial charge on any atom is -0.344 e. The van der Waals surface area contributed by atoms with Crippen molar-refractivity contribution in [2.75, 3.05) is 0 Å². The monoisotopic (exact) mass is 313 g/mol. The Morgan fingerprint density at radius 2 is 2.04 bits per heavy atom. The molecule has 1 aromatic carbocycles. The smallest absolute Gasteiger partial charge is 0.259 e. The second-order valence-corrected chi connectivity index (χ2v) is 6.20. The lowest BCUT2D eigenvalue weighted by Gasteiger charge is -2.24. The van der Waals surface area contributed by atoms with Crippen LogP contribution in [0.2, 0.25) is 0 Å². The zero-order valence-corrected chi connectivity index (χ0v) is 12.4. The molecule has 0 aliphatic heterocycles. The third kappa shape index (κ3) is 2.42. The first-order valence-electron chi connectivity index (χ1n) is 7.62. The van der Waals surface area contributed by atoms with Crippen LogP contribution in [0.1, 0.15) is 31.2 Å². The normalized spacial score (nSPS) is 20.4. The van der Waals surface area contributed by atoms with Crippen LogP contribution in [-0.4, -0.2) is 32.2 Å². The van der Waals surface area contributed by atoms with Crippen LogP contribution in [0.25, 0.3) is 11.4 Å². The lowest BCUT2D eigenvalue weighted by atomic mass is 9.98. The Kier molecular flexibility index (Phi) is 3.04. The molecule has 0 radical (unpaired) electrons. The molecule has 0 bridgehead atoms. The van der Waals surface area contributed by atoms with Crippen LogP contribution in [0.15, 0.2) is 36.4 Å². The number of nitrogens with one attached hydrogen (secondary N) is 2. The maximum Gasteiger partial charge on any atom is 0.259 e. The van der Waals surface area contributed by atoms with Crippen molar-refractivity contribution < 1.29 is 9.18 Å². The maximum absolute atomic E-state index is 14.6. The highest BCUT2D eigenvalue weighted by atomic mass is 19.1. The number of rotatable bonds is 4. The van der Waals surface area contributed by atoms with Crippen LogP contribution < -0.4 is 5.32 Å². The highest BCUT2D eigenvalue weighted by molar-refractivity contribution is 5.87. The van der Waals surface area contributed by atoms with Gasteiger partial charge < -0.3 is 5.32 Å². The Hall–Kier alpha value is -2.57. The summed E-state index contributed by atoms with van der Waals surface area (Å²) < 4.78 is 14.6. The van der Waals surface area contributed by atoms with E-state index >= 15 is 0 Å². The lowest BCUT2D eigenvalue weighted by molar-refractivity contribution is -0.133. The number of allylic oxidation sites excluding steroid dienone is 2. The third-order valence-electron chi connectivity index (χ3n) is 4.58. The van der Waals surface area contributed by atoms with E-state index in [2.05, 4.69) is 25.9 Å². The summed E-state index contributed by atoms with van der Waals surface area (Å²) in [5.41, 5.74) is -0.517. The van der Waals surface area contributed by atoms with Crippen molar-refractivity contribution in [2.45, 2.75) is 36.9 Å². The van der Waals surface area contributed by atoms with Gasteiger partial charge in [0.25, 0.3) is 5.91 Å². The second-order valence-electron chi connectivity index (χ2n) is 6.20. The fourth-order valence-corrected chi connectivity index (χ4v) is 2.99. The summed E-state index contributed by atoms with van der Waals surface area (Å²) in [5, 5.41) is 16.8. The van der Waals surface area contributed by atoms with Gasteiger partial charge in [-0.15, -0.1) is 10.2 Å². The molecule has 23 heavy (non-hydrogen) atoms. The number of benzene rings is 1. The van der Waals surface area contributed by atoms with E-state index in [-0.39, 0.29) is 12.8 Å². The van der Waals surface area contributed by atoms with Crippen LogP contribution in [0.5, 0.6) is 0 Å². The van der Waals surface area contributed by atoms with E-state index in [0.29, 0.717) is 5.82 Å². The van der Waals surface area contributed by atoms with Crippen molar-refractivity contribution in [2.24, 2.45) is 0 Å². The maximum atomic E-state index is 14.6. The lowest BCUT2D eigenvalue weighted by Crippen LogP contribution is -2.46. The molecule has 0 saturated heterocycles. The van der Waals surface area contributed by atoms with Crippen molar-refractivity contribution >= 4 is 5.91 Å². The number of aromatic nitrogens is 4. The standard InChI is InChI=1S/C16H16FN5O/c17-15(6-1-2-7-15)14(23)18-16(8-9-16)12-5-3-4-11(10-12)13-19-21-22-20-13/h1-5,10H,6-9H2,(H,18,23)(H,19,20,21,22). The Morgan fingerprint density at radius 3 is 2.70 bits per heavy atom. The van der Waals surface area contributed by atoms with Gasteiger partial charge in [-0.3, -0.25) is 4.79 Å². The minimum atomic E-state index is -1.80. The first-order valence-corrected chi connectivity index (χ1v) is 7.62. The predicted molar refractivity (Wildman–Crippen MR) is 80.9 cm³/mol. The Morgan fingerprint density at radius 1 is 1.26 bits per heavy atom. The van der Waals surface area contributed by atoms with Crippen LogP contribution in [0.4, 0.5) is 4.39 Å². The number of nitrogens with zero attached hydrogens (tertiary/aromatic N) is 3. The fourth-order valence-electron chi connectivity index (χ4n) is 2.99. The summed E-state index contributed by atoms with van der Waals surface area (Å²) in [6.07, 6.45) is 5.34. The molecule has 7 heteroatoms. The number of tetrazole rings is 1. The number of carbonyl (C=O) groups excluding carboxylic acids is 1. The summed E-state index contributed by atoms with van der Waals surface area (Å²) in [4.78, 5) is 12.3. The number of halogens is 1. The van der Waals surface area contributed by atoms with Gasteiger partial charge in [0.1, 0.15) is 0 Å². The average molecular weight is 313 g/mol. The fraction of sp³-hybridized carbons (Fsp3) is 0.375. The van der Waals surface area contributed by atoms with E-state index < -0.39 is 17.1 Å². The molecule has 4 rings (SSSR count). The Bertz CT molecular complexity index is 759. The van der Waals surface area contributed by atoms with Crippen LogP contribution >= 0.6 is 0 Å². The van der Waals surface area contributed by atoms with E-state index in [0.717, 1.165) is 24.0 Å². The van der Waals surface area contributed by atoms with Crippen LogP contribution in [0.3, 0.4) is 0 Å². The Balaban J connectivity index is 1.58. The van der Waals surface area contributed by atoms with Gasteiger partial charge in [0.2, 0.25) is 5.82 Å². The first-order chi connectivity index (χ1) is 11.1. The molecule has 2 N–H and O–H groups in total. The molecule has 6 nitrogen and oxygen atoms in total. The molecule has 2 aliphatic carbocycles. The summed E-state index contributed by atoms with van der Waals surface area (Å²) in [7, 11) is 0. The molecule has 118 valence electrons. The predicted octanol–water partition coefficient (Wildman–Crippen LogP) is 2.03. The molecule has 1 fully saturated rings. The zero-order chi connectivity index (χ0) is 15.9. The number of hydrogen-bond donors (Lipinski definition) is 2. The number of H-pyrrole nitrogens is 1. The molecule has 0 unspecified atom stereocenters. The summed E-state index contributed by atoms with van der Waals surface area (Å²) in [5.74, 6) is -0.0269. The molecule has 2 aromatic rings. The van der Waals surface area contributed by atoms with Crippen molar-refractivity contribution in [1.29, 1.82) is 0 Å². The second kappa shape index (κ2) is 4.97. The molecule has 1 aromatic heterocycles. The van der Waals surface area contributed by atoms with Gasteiger partial charge in [-0.2, -0.15) is 5.21 Å². The number of hydrogen-bond acceptors (Lipinski definition) is 4. The van der Waals surface area contributed by atoms with E-state index in [1.54, 1.807) is 12.2 Å². The molecule has 1 saturated carbocycles. The van der Waals surface area contributed by atoms with Gasteiger partial charge in [0.15, 0.2) is 5.67 Å². The number of amides is 1. The third-order valence-corrected chi connectivity index (χ3v) is 4.58. The molecule has 0 spiro atoms. The quantitative estimate of drug-likeness (QED) is 0.846. The highest BCUT2D eigenvalue weighted by Gasteiger charge is 2.50. The Labute approximate surface area is 132 Å². The van der Waals surface area contributed by atoms with Crippen molar-refractivity contribution in [3.8, 4) is 11.4 Å². The van der Waals surface area contributed by atoms with E-state index in [1.807, 2.05) is 24.3 Å². The summed E-state index contributed by atoms with van der Waals surface area (Å²) >= 11 is 0. The van der Waals surface area contributed by atoms with Crippen molar-refractivity contribution in [1.82, 2.24) is 25.9 Å². The highest BCUT2D eigenvalue weighted by Crippen LogP contribution is 2.47. The van der Waals surface area contributed by atoms with Crippen LogP contribution in [0, 0.1) is 0 Å². The number of carbonyl (C=O) groups is 1. The van der Waals surface area contributed by atoms with Crippen molar-refractivity contribution in [3.63, 3.8) is 0 Å². The molecule has 1 amide bonds. The first kappa shape index (κ1) is 14.0. The zero-order valence-electron chi connectivity index (χ0n) is 12.4. The molecular formula is C16H16FN5O. The molecule has 0 atom stereocenters. The van der Waals surface area contributed by atoms with E-state index in [4.69, 9.17) is 0 Å². The molecular weight excluding hydrogens is 297 g/mol. The topological polar surface area (TPSA) is 83.6 Å². The van der Waals surface area contributed by atoms with E-state index in [9.17, 15) is 9.18 Å².